The molecule has 0 aromatic heterocycles. The van der Waals surface area contributed by atoms with Gasteiger partial charge in [-0.3, -0.25) is 0 Å². The van der Waals surface area contributed by atoms with Crippen LogP contribution in [-0.2, 0) is 0 Å². The minimum Gasteiger partial charge on any atom is -0.329 e. The van der Waals surface area contributed by atoms with Crippen molar-refractivity contribution >= 4 is 11.8 Å². The van der Waals surface area contributed by atoms with Gasteiger partial charge < -0.3 is 10.6 Å². The molecular weight excluding hydrogens is 228 g/mol. The van der Waals surface area contributed by atoms with Crippen molar-refractivity contribution in [2.45, 2.75) is 38.1 Å². The van der Waals surface area contributed by atoms with Crippen molar-refractivity contribution in [1.29, 1.82) is 0 Å². The number of hydrogen-bond acceptors (Lipinski definition) is 3. The van der Waals surface area contributed by atoms with E-state index in [1.165, 1.54) is 44.4 Å². The Morgan fingerprint density at radius 2 is 2.18 bits per heavy atom. The van der Waals surface area contributed by atoms with Gasteiger partial charge in [0, 0.05) is 19.1 Å². The number of likely N-dealkylation sites (N-methyl/N-ethyl adjacent to an activating group) is 1. The van der Waals surface area contributed by atoms with Crippen LogP contribution in [0.5, 0.6) is 0 Å². The predicted octanol–water partition coefficient (Wildman–Crippen LogP) is 2.43. The number of rotatable bonds is 7. The Morgan fingerprint density at radius 3 is 2.71 bits per heavy atom. The number of thioether (sulfide) groups is 1. The van der Waals surface area contributed by atoms with Crippen molar-refractivity contribution in [3.63, 3.8) is 0 Å². The summed E-state index contributed by atoms with van der Waals surface area (Å²) in [7, 11) is 2.28. The number of nitrogens with zero attached hydrogens (tertiary/aromatic N) is 1. The Morgan fingerprint density at radius 1 is 1.35 bits per heavy atom. The molecule has 0 aliphatic heterocycles. The molecule has 2 aliphatic rings. The second kappa shape index (κ2) is 6.44. The lowest BCUT2D eigenvalue weighted by molar-refractivity contribution is 0.173. The molecule has 0 heterocycles. The molecule has 2 nitrogen and oxygen atoms in total. The first kappa shape index (κ1) is 13.7. The van der Waals surface area contributed by atoms with Gasteiger partial charge in [-0.05, 0) is 62.5 Å². The molecule has 2 rings (SSSR count). The summed E-state index contributed by atoms with van der Waals surface area (Å²) in [5.74, 6) is 4.33. The third-order valence-electron chi connectivity index (χ3n) is 4.96. The number of fused-ring (bicyclic) bond motifs is 2. The van der Waals surface area contributed by atoms with Gasteiger partial charge in [0.05, 0.1) is 0 Å². The minimum atomic E-state index is 0.599. The van der Waals surface area contributed by atoms with E-state index in [-0.39, 0.29) is 0 Å². The fourth-order valence-corrected chi connectivity index (χ4v) is 4.40. The van der Waals surface area contributed by atoms with E-state index >= 15 is 0 Å². The molecule has 4 atom stereocenters. The molecule has 2 bridgehead atoms. The Kier molecular flexibility index (Phi) is 5.19. The zero-order chi connectivity index (χ0) is 12.3. The Balaban J connectivity index is 1.77. The van der Waals surface area contributed by atoms with Crippen LogP contribution in [0.1, 0.15) is 32.1 Å². The van der Waals surface area contributed by atoms with Crippen LogP contribution >= 0.6 is 11.8 Å². The van der Waals surface area contributed by atoms with Crippen molar-refractivity contribution in [3.05, 3.63) is 0 Å². The average molecular weight is 256 g/mol. The quantitative estimate of drug-likeness (QED) is 0.758. The van der Waals surface area contributed by atoms with Crippen molar-refractivity contribution in [1.82, 2.24) is 4.90 Å². The first-order valence-corrected chi connectivity index (χ1v) is 8.53. The van der Waals surface area contributed by atoms with E-state index in [1.807, 2.05) is 11.8 Å². The fraction of sp³-hybridized carbons (Fsp3) is 1.00. The summed E-state index contributed by atoms with van der Waals surface area (Å²) in [6.07, 6.45) is 9.46. The molecule has 2 saturated carbocycles. The molecule has 4 unspecified atom stereocenters. The maximum absolute atomic E-state index is 5.91. The highest BCUT2D eigenvalue weighted by molar-refractivity contribution is 7.98. The largest absolute Gasteiger partial charge is 0.329 e. The molecule has 2 fully saturated rings. The Bertz CT molecular complexity index is 234. The molecule has 0 aromatic carbocycles. The molecule has 0 amide bonds. The smallest absolute Gasteiger partial charge is 0.0223 e. The second-order valence-electron chi connectivity index (χ2n) is 6.05. The highest BCUT2D eigenvalue weighted by atomic mass is 32.2. The molecule has 0 aromatic rings. The summed E-state index contributed by atoms with van der Waals surface area (Å²) in [5.41, 5.74) is 5.91. The van der Waals surface area contributed by atoms with Crippen LogP contribution in [0, 0.1) is 17.8 Å². The summed E-state index contributed by atoms with van der Waals surface area (Å²) in [4.78, 5) is 2.54. The first-order valence-electron chi connectivity index (χ1n) is 7.13. The summed E-state index contributed by atoms with van der Waals surface area (Å²) >= 11 is 1.94. The molecule has 100 valence electrons. The van der Waals surface area contributed by atoms with E-state index in [4.69, 9.17) is 5.73 Å². The molecule has 3 heteroatoms. The second-order valence-corrected chi connectivity index (χ2v) is 7.03. The van der Waals surface area contributed by atoms with Gasteiger partial charge in [-0.2, -0.15) is 11.8 Å². The van der Waals surface area contributed by atoms with Gasteiger partial charge in [-0.25, -0.2) is 0 Å². The van der Waals surface area contributed by atoms with E-state index < -0.39 is 0 Å². The summed E-state index contributed by atoms with van der Waals surface area (Å²) in [5, 5.41) is 0. The van der Waals surface area contributed by atoms with Gasteiger partial charge in [0.25, 0.3) is 0 Å². The third-order valence-corrected chi connectivity index (χ3v) is 5.60. The lowest BCUT2D eigenvalue weighted by atomic mass is 9.88. The van der Waals surface area contributed by atoms with Crippen molar-refractivity contribution in [2.75, 3.05) is 32.1 Å². The van der Waals surface area contributed by atoms with E-state index in [0.29, 0.717) is 6.04 Å². The van der Waals surface area contributed by atoms with Gasteiger partial charge in [-0.15, -0.1) is 0 Å². The lowest BCUT2D eigenvalue weighted by Crippen LogP contribution is -2.41. The van der Waals surface area contributed by atoms with Gasteiger partial charge in [0.15, 0.2) is 0 Å². The molecule has 0 saturated heterocycles. The third kappa shape index (κ3) is 3.39. The van der Waals surface area contributed by atoms with Crippen LogP contribution < -0.4 is 5.73 Å². The van der Waals surface area contributed by atoms with Crippen LogP contribution in [-0.4, -0.2) is 43.1 Å². The van der Waals surface area contributed by atoms with Gasteiger partial charge in [0.2, 0.25) is 0 Å². The SMILES string of the molecule is CSCCC(CN)N(C)CC1CC2CCC1C2. The van der Waals surface area contributed by atoms with E-state index in [9.17, 15) is 0 Å². The lowest BCUT2D eigenvalue weighted by Gasteiger charge is -2.32. The average Bonchev–Trinajstić information content (AvgIpc) is 2.92. The number of hydrogen-bond donors (Lipinski definition) is 1. The summed E-state index contributed by atoms with van der Waals surface area (Å²) < 4.78 is 0. The summed E-state index contributed by atoms with van der Waals surface area (Å²) in [6, 6.07) is 0.599. The zero-order valence-electron chi connectivity index (χ0n) is 11.4. The van der Waals surface area contributed by atoms with Gasteiger partial charge in [-0.1, -0.05) is 6.42 Å². The molecule has 0 spiro atoms. The van der Waals surface area contributed by atoms with E-state index in [1.54, 1.807) is 0 Å². The predicted molar refractivity (Wildman–Crippen MR) is 77.4 cm³/mol. The van der Waals surface area contributed by atoms with Gasteiger partial charge in [0.1, 0.15) is 0 Å². The van der Waals surface area contributed by atoms with E-state index in [0.717, 1.165) is 24.3 Å². The molecular formula is C14H28N2S. The van der Waals surface area contributed by atoms with Crippen LogP contribution in [0.25, 0.3) is 0 Å². The topological polar surface area (TPSA) is 29.3 Å². The van der Waals surface area contributed by atoms with Gasteiger partial charge >= 0.3 is 0 Å². The highest BCUT2D eigenvalue weighted by Crippen LogP contribution is 2.48. The summed E-state index contributed by atoms with van der Waals surface area (Å²) in [6.45, 7) is 2.11. The number of nitrogens with two attached hydrogens (primary N) is 1. The van der Waals surface area contributed by atoms with E-state index in [2.05, 4.69) is 18.2 Å². The molecule has 0 radical (unpaired) electrons. The fourth-order valence-electron chi connectivity index (χ4n) is 3.89. The molecule has 17 heavy (non-hydrogen) atoms. The van der Waals surface area contributed by atoms with Crippen LogP contribution in [0.15, 0.2) is 0 Å². The molecule has 2 aliphatic carbocycles. The highest BCUT2D eigenvalue weighted by Gasteiger charge is 2.39. The first-order chi connectivity index (χ1) is 8.24. The van der Waals surface area contributed by atoms with Crippen LogP contribution in [0.3, 0.4) is 0 Å². The van der Waals surface area contributed by atoms with Crippen molar-refractivity contribution in [2.24, 2.45) is 23.5 Å². The van der Waals surface area contributed by atoms with Crippen LogP contribution in [0.2, 0.25) is 0 Å². The standard InChI is InChI=1S/C14H28N2S/c1-16(14(9-15)5-6-17-2)10-13-8-11-3-4-12(13)7-11/h11-14H,3-10,15H2,1-2H3. The monoisotopic (exact) mass is 256 g/mol. The normalized spacial score (nSPS) is 33.5. The van der Waals surface area contributed by atoms with Crippen LogP contribution in [0.4, 0.5) is 0 Å². The zero-order valence-corrected chi connectivity index (χ0v) is 12.2. The van der Waals surface area contributed by atoms with Crippen molar-refractivity contribution in [3.8, 4) is 0 Å². The maximum atomic E-state index is 5.91. The van der Waals surface area contributed by atoms with Crippen molar-refractivity contribution < 1.29 is 0 Å². The maximum Gasteiger partial charge on any atom is 0.0223 e. The molecule has 2 N–H and O–H groups in total. The Hall–Kier alpha value is 0.270. The minimum absolute atomic E-state index is 0.599. The Labute approximate surface area is 111 Å².